The lowest BCUT2D eigenvalue weighted by Crippen LogP contribution is -2.27. The predicted octanol–water partition coefficient (Wildman–Crippen LogP) is 4.63. The number of anilines is 1. The van der Waals surface area contributed by atoms with Gasteiger partial charge in [0.2, 0.25) is 0 Å². The number of alkyl halides is 1. The van der Waals surface area contributed by atoms with E-state index in [-0.39, 0.29) is 0 Å². The van der Waals surface area contributed by atoms with Gasteiger partial charge in [-0.15, -0.1) is 0 Å². The highest BCUT2D eigenvalue weighted by molar-refractivity contribution is 5.89. The molecule has 0 spiro atoms. The quantitative estimate of drug-likeness (QED) is 0.609. The van der Waals surface area contributed by atoms with Crippen LogP contribution in [0.1, 0.15) is 32.0 Å². The van der Waals surface area contributed by atoms with Gasteiger partial charge in [-0.3, -0.25) is 0 Å². The number of benzene rings is 1. The van der Waals surface area contributed by atoms with Crippen molar-refractivity contribution in [2.45, 2.75) is 26.4 Å². The van der Waals surface area contributed by atoms with Gasteiger partial charge in [0.1, 0.15) is 18.0 Å². The monoisotopic (exact) mass is 393 g/mol. The Hall–Kier alpha value is -3.33. The van der Waals surface area contributed by atoms with Crippen molar-refractivity contribution in [3.05, 3.63) is 59.9 Å². The van der Waals surface area contributed by atoms with Gasteiger partial charge in [0.15, 0.2) is 5.65 Å². The maximum Gasteiger partial charge on any atom is 0.421 e. The number of pyridine rings is 1. The molecule has 1 aromatic carbocycles. The summed E-state index contributed by atoms with van der Waals surface area (Å²) in [6.07, 6.45) is 1.12. The Labute approximate surface area is 170 Å². The van der Waals surface area contributed by atoms with Crippen LogP contribution in [0.25, 0.3) is 11.0 Å². The fourth-order valence-corrected chi connectivity index (χ4v) is 2.81. The van der Waals surface area contributed by atoms with Crippen molar-refractivity contribution >= 4 is 22.8 Å². The van der Waals surface area contributed by atoms with Gasteiger partial charge in [-0.2, -0.15) is 0 Å². The van der Waals surface area contributed by atoms with Crippen molar-refractivity contribution in [1.29, 1.82) is 0 Å². The molecule has 150 valence electrons. The van der Waals surface area contributed by atoms with Crippen LogP contribution in [0.3, 0.4) is 0 Å². The molecule has 0 fully saturated rings. The van der Waals surface area contributed by atoms with Crippen molar-refractivity contribution in [2.75, 3.05) is 25.2 Å². The summed E-state index contributed by atoms with van der Waals surface area (Å²) >= 11 is 0. The molecule has 0 N–H and O–H groups in total. The molecule has 0 saturated heterocycles. The molecule has 2 aromatic heterocycles. The lowest BCUT2D eigenvalue weighted by Gasteiger charge is -2.20. The molecule has 3 rings (SSSR count). The second-order valence-electron chi connectivity index (χ2n) is 7.67. The summed E-state index contributed by atoms with van der Waals surface area (Å²) in [7, 11) is 1.84. The largest absolute Gasteiger partial charge is 0.443 e. The maximum absolute atomic E-state index is 12.7. The van der Waals surface area contributed by atoms with Crippen molar-refractivity contribution < 1.29 is 13.9 Å². The molecule has 0 unspecified atom stereocenters. The van der Waals surface area contributed by atoms with E-state index in [0.29, 0.717) is 17.9 Å². The topological polar surface area (TPSA) is 47.4 Å². The summed E-state index contributed by atoms with van der Waals surface area (Å²) in [6.45, 7) is 5.39. The normalized spacial score (nSPS) is 11.1. The third-order valence-corrected chi connectivity index (χ3v) is 4.20. The lowest BCUT2D eigenvalue weighted by atomic mass is 10.2. The average Bonchev–Trinajstić information content (AvgIpc) is 3.04. The number of hydrogen-bond acceptors (Lipinski definition) is 4. The Morgan fingerprint density at radius 1 is 1.21 bits per heavy atom. The first-order valence-electron chi connectivity index (χ1n) is 9.37. The number of aromatic nitrogens is 2. The summed E-state index contributed by atoms with van der Waals surface area (Å²) in [6, 6.07) is 13.0. The highest BCUT2D eigenvalue weighted by Crippen LogP contribution is 2.20. The zero-order chi connectivity index (χ0) is 21.0. The van der Waals surface area contributed by atoms with Gasteiger partial charge >= 0.3 is 6.09 Å². The first-order chi connectivity index (χ1) is 13.8. The Morgan fingerprint density at radius 2 is 1.93 bits per heavy atom. The molecule has 3 aromatic rings. The maximum atomic E-state index is 12.7. The number of ether oxygens (including phenoxy) is 1. The van der Waals surface area contributed by atoms with E-state index in [4.69, 9.17) is 4.74 Å². The minimum absolute atomic E-state index is 0.341. The molecule has 0 radical (unpaired) electrons. The molecule has 0 atom stereocenters. The molecule has 0 aliphatic heterocycles. The number of nitrogens with zero attached hydrogens (tertiary/aromatic N) is 3. The van der Waals surface area contributed by atoms with Gasteiger partial charge in [0.25, 0.3) is 0 Å². The van der Waals surface area contributed by atoms with E-state index < -0.39 is 18.4 Å². The van der Waals surface area contributed by atoms with E-state index in [1.54, 1.807) is 6.20 Å². The van der Waals surface area contributed by atoms with Crippen LogP contribution < -0.4 is 4.90 Å². The highest BCUT2D eigenvalue weighted by Gasteiger charge is 2.22. The van der Waals surface area contributed by atoms with Crippen LogP contribution in [-0.4, -0.2) is 41.5 Å². The second kappa shape index (κ2) is 8.36. The van der Waals surface area contributed by atoms with E-state index in [9.17, 15) is 9.18 Å². The van der Waals surface area contributed by atoms with Crippen molar-refractivity contribution in [1.82, 2.24) is 9.55 Å². The van der Waals surface area contributed by atoms with Crippen LogP contribution in [-0.2, 0) is 4.74 Å². The van der Waals surface area contributed by atoms with Crippen LogP contribution in [0.2, 0.25) is 0 Å². The van der Waals surface area contributed by atoms with Gasteiger partial charge in [-0.05, 0) is 69.2 Å². The molecular weight excluding hydrogens is 369 g/mol. The summed E-state index contributed by atoms with van der Waals surface area (Å²) < 4.78 is 19.4. The number of halogens is 1. The Balaban J connectivity index is 1.95. The van der Waals surface area contributed by atoms with Crippen molar-refractivity contribution in [2.24, 2.45) is 0 Å². The van der Waals surface area contributed by atoms with E-state index in [1.807, 2.05) is 75.2 Å². The zero-order valence-corrected chi connectivity index (χ0v) is 17.1. The third kappa shape index (κ3) is 4.94. The summed E-state index contributed by atoms with van der Waals surface area (Å²) in [4.78, 5) is 18.9. The van der Waals surface area contributed by atoms with Gasteiger partial charge < -0.3 is 9.64 Å². The molecule has 0 saturated carbocycles. The molecule has 0 bridgehead atoms. The SMILES string of the molecule is CN(CCF)c1ccc(C#Cc2cc3cccnc3n2C(=O)OC(C)(C)C)cc1. The van der Waals surface area contributed by atoms with Crippen LogP contribution in [0.4, 0.5) is 14.9 Å². The first kappa shape index (κ1) is 20.4. The Morgan fingerprint density at radius 3 is 2.59 bits per heavy atom. The molecule has 6 heteroatoms. The molecule has 5 nitrogen and oxygen atoms in total. The summed E-state index contributed by atoms with van der Waals surface area (Å²) in [5.41, 5.74) is 2.09. The molecule has 0 aliphatic carbocycles. The molecule has 0 amide bonds. The number of carbonyl (C=O) groups is 1. The van der Waals surface area contributed by atoms with Crippen molar-refractivity contribution in [3.8, 4) is 11.8 Å². The fraction of sp³-hybridized carbons (Fsp3) is 0.304. The van der Waals surface area contributed by atoms with Crippen molar-refractivity contribution in [3.63, 3.8) is 0 Å². The molecule has 2 heterocycles. The van der Waals surface area contributed by atoms with E-state index in [1.165, 1.54) is 4.57 Å². The average molecular weight is 393 g/mol. The molecule has 0 aliphatic rings. The minimum atomic E-state index is -0.630. The number of rotatable bonds is 3. The number of carbonyl (C=O) groups excluding carboxylic acids is 1. The molecular formula is C23H24FN3O2. The standard InChI is InChI=1S/C23H24FN3O2/c1-23(2,3)29-22(28)27-20(16-18-6-5-14-25-21(18)27)12-9-17-7-10-19(11-8-17)26(4)15-13-24/h5-8,10-11,14,16H,13,15H2,1-4H3. The number of fused-ring (bicyclic) bond motifs is 1. The van der Waals surface area contributed by atoms with Gasteiger partial charge in [0, 0.05) is 36.4 Å². The van der Waals surface area contributed by atoms with E-state index >= 15 is 0 Å². The lowest BCUT2D eigenvalue weighted by molar-refractivity contribution is 0.0542. The second-order valence-corrected chi connectivity index (χ2v) is 7.67. The van der Waals surface area contributed by atoms with Crippen LogP contribution in [0, 0.1) is 11.8 Å². The first-order valence-corrected chi connectivity index (χ1v) is 9.37. The van der Waals surface area contributed by atoms with Gasteiger partial charge in [-0.25, -0.2) is 18.7 Å². The number of hydrogen-bond donors (Lipinski definition) is 0. The van der Waals surface area contributed by atoms with Crippen LogP contribution in [0.15, 0.2) is 48.7 Å². The fourth-order valence-electron chi connectivity index (χ4n) is 2.81. The third-order valence-electron chi connectivity index (χ3n) is 4.20. The Kier molecular flexibility index (Phi) is 5.88. The predicted molar refractivity (Wildman–Crippen MR) is 113 cm³/mol. The van der Waals surface area contributed by atoms with Gasteiger partial charge in [0.05, 0.1) is 0 Å². The molecule has 29 heavy (non-hydrogen) atoms. The smallest absolute Gasteiger partial charge is 0.421 e. The Bertz CT molecular complexity index is 1070. The van der Waals surface area contributed by atoms with Crippen LogP contribution >= 0.6 is 0 Å². The van der Waals surface area contributed by atoms with Gasteiger partial charge in [-0.1, -0.05) is 5.92 Å². The zero-order valence-electron chi connectivity index (χ0n) is 17.1. The van der Waals surface area contributed by atoms with Crippen LogP contribution in [0.5, 0.6) is 0 Å². The summed E-state index contributed by atoms with van der Waals surface area (Å²) in [5.74, 6) is 6.14. The van der Waals surface area contributed by atoms with E-state index in [2.05, 4.69) is 16.8 Å². The minimum Gasteiger partial charge on any atom is -0.443 e. The highest BCUT2D eigenvalue weighted by atomic mass is 19.1. The summed E-state index contributed by atoms with van der Waals surface area (Å²) in [5, 5.41) is 0.811. The van der Waals surface area contributed by atoms with E-state index in [0.717, 1.165) is 16.6 Å².